The average Bonchev–Trinajstić information content (AvgIpc) is 2.84. The minimum absolute atomic E-state index is 0.0650. The number of anilines is 4. The summed E-state index contributed by atoms with van der Waals surface area (Å²) in [6.45, 7) is 4.73. The van der Waals surface area contributed by atoms with Crippen LogP contribution in [0.2, 0.25) is 0 Å². The van der Waals surface area contributed by atoms with E-state index >= 15 is 0 Å². The molecule has 1 saturated carbocycles. The number of alkyl halides is 3. The van der Waals surface area contributed by atoms with Crippen molar-refractivity contribution >= 4 is 23.1 Å². The van der Waals surface area contributed by atoms with Gasteiger partial charge in [-0.15, -0.1) is 0 Å². The van der Waals surface area contributed by atoms with Crippen molar-refractivity contribution in [3.63, 3.8) is 0 Å². The van der Waals surface area contributed by atoms with Crippen LogP contribution in [0.25, 0.3) is 0 Å². The quantitative estimate of drug-likeness (QED) is 0.339. The molecule has 1 aliphatic carbocycles. The molecule has 0 aliphatic heterocycles. The third-order valence-corrected chi connectivity index (χ3v) is 6.04. The van der Waals surface area contributed by atoms with Crippen LogP contribution in [0.1, 0.15) is 63.0 Å². The van der Waals surface area contributed by atoms with Crippen molar-refractivity contribution < 1.29 is 17.9 Å². The highest BCUT2D eigenvalue weighted by atomic mass is 19.4. The minimum atomic E-state index is -4.59. The van der Waals surface area contributed by atoms with Crippen LogP contribution in [-0.2, 0) is 6.18 Å². The van der Waals surface area contributed by atoms with Gasteiger partial charge in [-0.3, -0.25) is 0 Å². The Kier molecular flexibility index (Phi) is 7.78. The Bertz CT molecular complexity index is 1090. The zero-order chi connectivity index (χ0) is 24.8. The fourth-order valence-corrected chi connectivity index (χ4v) is 4.18. The summed E-state index contributed by atoms with van der Waals surface area (Å²) in [6.07, 6.45) is 2.27. The first-order chi connectivity index (χ1) is 16.8. The summed E-state index contributed by atoms with van der Waals surface area (Å²) >= 11 is 0. The number of rotatable bonds is 8. The highest BCUT2D eigenvalue weighted by Crippen LogP contribution is 2.36. The first kappa shape index (κ1) is 24.8. The number of nitrogens with one attached hydrogen (secondary N) is 2. The summed E-state index contributed by atoms with van der Waals surface area (Å²) < 4.78 is 46.6. The third-order valence-electron chi connectivity index (χ3n) is 6.04. The summed E-state index contributed by atoms with van der Waals surface area (Å²) in [4.78, 5) is 8.03. The molecule has 8 heteroatoms. The summed E-state index contributed by atoms with van der Waals surface area (Å²) in [6, 6.07) is 14.7. The zero-order valence-electron chi connectivity index (χ0n) is 20.0. The SMILES string of the molecule is CC(C)COc1ccc(Nc2ncc(C(F)(F)F)c(Nc3ccc(C4CCCCC4)cc3)n2)cc1. The molecular weight excluding hydrogens is 453 g/mol. The predicted octanol–water partition coefficient (Wildman–Crippen LogP) is 8.07. The summed E-state index contributed by atoms with van der Waals surface area (Å²) in [5, 5.41) is 5.81. The van der Waals surface area contributed by atoms with Gasteiger partial charge in [-0.05, 0) is 66.6 Å². The highest BCUT2D eigenvalue weighted by Gasteiger charge is 2.35. The van der Waals surface area contributed by atoms with Crippen molar-refractivity contribution in [1.29, 1.82) is 0 Å². The van der Waals surface area contributed by atoms with Crippen LogP contribution in [0.3, 0.4) is 0 Å². The van der Waals surface area contributed by atoms with Gasteiger partial charge in [-0.25, -0.2) is 4.98 Å². The lowest BCUT2D eigenvalue weighted by Crippen LogP contribution is -2.12. The number of benzene rings is 2. The Morgan fingerprint density at radius 2 is 1.54 bits per heavy atom. The molecule has 1 fully saturated rings. The molecule has 0 radical (unpaired) electrons. The molecule has 5 nitrogen and oxygen atoms in total. The number of hydrogen-bond donors (Lipinski definition) is 2. The van der Waals surface area contributed by atoms with Gasteiger partial charge in [0.05, 0.1) is 6.61 Å². The number of aromatic nitrogens is 2. The maximum absolute atomic E-state index is 13.6. The fraction of sp³-hybridized carbons (Fsp3) is 0.407. The maximum atomic E-state index is 13.6. The Morgan fingerprint density at radius 1 is 0.914 bits per heavy atom. The second-order valence-corrected chi connectivity index (χ2v) is 9.39. The molecule has 1 aromatic heterocycles. The number of nitrogens with zero attached hydrogens (tertiary/aromatic N) is 2. The Balaban J connectivity index is 1.50. The predicted molar refractivity (Wildman–Crippen MR) is 133 cm³/mol. The van der Waals surface area contributed by atoms with Crippen LogP contribution in [0, 0.1) is 5.92 Å². The molecule has 0 unspecified atom stereocenters. The maximum Gasteiger partial charge on any atom is 0.421 e. The van der Waals surface area contributed by atoms with Gasteiger partial charge in [0.2, 0.25) is 5.95 Å². The van der Waals surface area contributed by atoms with Gasteiger partial charge in [0.15, 0.2) is 0 Å². The van der Waals surface area contributed by atoms with Gasteiger partial charge in [-0.1, -0.05) is 45.2 Å². The summed E-state index contributed by atoms with van der Waals surface area (Å²) in [7, 11) is 0. The Morgan fingerprint density at radius 3 is 2.17 bits per heavy atom. The van der Waals surface area contributed by atoms with Crippen LogP contribution in [0.4, 0.5) is 36.3 Å². The summed E-state index contributed by atoms with van der Waals surface area (Å²) in [5.74, 6) is 1.42. The van der Waals surface area contributed by atoms with E-state index in [-0.39, 0.29) is 11.8 Å². The molecule has 2 N–H and O–H groups in total. The molecule has 35 heavy (non-hydrogen) atoms. The standard InChI is InChI=1S/C27H31F3N4O/c1-18(2)17-35-23-14-12-22(13-15-23)33-26-31-16-24(27(28,29)30)25(34-26)32-21-10-8-20(9-11-21)19-6-4-3-5-7-19/h8-16,18-19H,3-7,17H2,1-2H3,(H2,31,32,33,34). The second kappa shape index (κ2) is 11.0. The van der Waals surface area contributed by atoms with Crippen molar-refractivity contribution in [2.45, 2.75) is 58.0 Å². The van der Waals surface area contributed by atoms with E-state index < -0.39 is 11.7 Å². The van der Waals surface area contributed by atoms with Crippen molar-refractivity contribution in [3.05, 3.63) is 65.9 Å². The Hall–Kier alpha value is -3.29. The van der Waals surface area contributed by atoms with E-state index in [1.807, 2.05) is 24.3 Å². The van der Waals surface area contributed by atoms with Crippen LogP contribution in [0.15, 0.2) is 54.7 Å². The molecule has 1 aliphatic rings. The highest BCUT2D eigenvalue weighted by molar-refractivity contribution is 5.63. The van der Waals surface area contributed by atoms with E-state index in [9.17, 15) is 13.2 Å². The molecule has 4 rings (SSSR count). The van der Waals surface area contributed by atoms with E-state index in [1.54, 1.807) is 24.3 Å². The van der Waals surface area contributed by atoms with E-state index in [2.05, 4.69) is 34.4 Å². The zero-order valence-corrected chi connectivity index (χ0v) is 20.0. The van der Waals surface area contributed by atoms with Gasteiger partial charge in [0, 0.05) is 17.6 Å². The first-order valence-electron chi connectivity index (χ1n) is 12.1. The van der Waals surface area contributed by atoms with Gasteiger partial charge < -0.3 is 15.4 Å². The van der Waals surface area contributed by atoms with E-state index in [1.165, 1.54) is 24.8 Å². The molecule has 0 atom stereocenters. The van der Waals surface area contributed by atoms with E-state index in [0.29, 0.717) is 29.8 Å². The fourth-order valence-electron chi connectivity index (χ4n) is 4.18. The minimum Gasteiger partial charge on any atom is -0.493 e. The largest absolute Gasteiger partial charge is 0.493 e. The lowest BCUT2D eigenvalue weighted by atomic mass is 9.84. The van der Waals surface area contributed by atoms with Crippen LogP contribution in [-0.4, -0.2) is 16.6 Å². The van der Waals surface area contributed by atoms with E-state index in [4.69, 9.17) is 4.74 Å². The molecule has 0 spiro atoms. The van der Waals surface area contributed by atoms with Crippen LogP contribution in [0.5, 0.6) is 5.75 Å². The lowest BCUT2D eigenvalue weighted by molar-refractivity contribution is -0.137. The van der Waals surface area contributed by atoms with E-state index in [0.717, 1.165) is 24.8 Å². The molecule has 2 aromatic carbocycles. The molecule has 0 saturated heterocycles. The lowest BCUT2D eigenvalue weighted by Gasteiger charge is -2.22. The number of halogens is 3. The van der Waals surface area contributed by atoms with Gasteiger partial charge >= 0.3 is 6.18 Å². The van der Waals surface area contributed by atoms with Crippen LogP contribution < -0.4 is 15.4 Å². The van der Waals surface area contributed by atoms with Crippen molar-refractivity contribution in [3.8, 4) is 5.75 Å². The smallest absolute Gasteiger partial charge is 0.421 e. The molecule has 3 aromatic rings. The second-order valence-electron chi connectivity index (χ2n) is 9.39. The average molecular weight is 485 g/mol. The normalized spacial score (nSPS) is 14.7. The molecule has 1 heterocycles. The first-order valence-corrected chi connectivity index (χ1v) is 12.1. The third kappa shape index (κ3) is 6.87. The molecule has 0 bridgehead atoms. The number of hydrogen-bond acceptors (Lipinski definition) is 5. The van der Waals surface area contributed by atoms with Crippen molar-refractivity contribution in [2.24, 2.45) is 5.92 Å². The van der Waals surface area contributed by atoms with Crippen molar-refractivity contribution in [1.82, 2.24) is 9.97 Å². The topological polar surface area (TPSA) is 59.1 Å². The summed E-state index contributed by atoms with van der Waals surface area (Å²) in [5.41, 5.74) is 1.50. The van der Waals surface area contributed by atoms with Crippen LogP contribution >= 0.6 is 0 Å². The number of ether oxygens (including phenoxy) is 1. The van der Waals surface area contributed by atoms with Gasteiger partial charge in [-0.2, -0.15) is 18.2 Å². The molecule has 0 amide bonds. The Labute approximate surface area is 204 Å². The monoisotopic (exact) mass is 484 g/mol. The van der Waals surface area contributed by atoms with Gasteiger partial charge in [0.1, 0.15) is 17.1 Å². The van der Waals surface area contributed by atoms with Gasteiger partial charge in [0.25, 0.3) is 0 Å². The molecular formula is C27H31F3N4O. The molecule has 186 valence electrons. The van der Waals surface area contributed by atoms with Crippen molar-refractivity contribution in [2.75, 3.05) is 17.2 Å².